The summed E-state index contributed by atoms with van der Waals surface area (Å²) in [7, 11) is 0. The lowest BCUT2D eigenvalue weighted by atomic mass is 10.3. The summed E-state index contributed by atoms with van der Waals surface area (Å²) in [5, 5.41) is 6.10. The van der Waals surface area contributed by atoms with Gasteiger partial charge in [-0.15, -0.1) is 0 Å². The number of rotatable bonds is 0. The average molecular weight is 149 g/mol. The summed E-state index contributed by atoms with van der Waals surface area (Å²) in [6.07, 6.45) is 1.82. The summed E-state index contributed by atoms with van der Waals surface area (Å²) in [6.45, 7) is 0. The number of hydrogen-bond acceptors (Lipinski definition) is 1. The maximum atomic E-state index is 4.82. The van der Waals surface area contributed by atoms with Crippen molar-refractivity contribution in [2.75, 3.05) is 0 Å². The highest BCUT2D eigenvalue weighted by Gasteiger charge is 2.04. The van der Waals surface area contributed by atoms with Crippen LogP contribution in [0.4, 0.5) is 0 Å². The van der Waals surface area contributed by atoms with Gasteiger partial charge in [-0.3, -0.25) is 0 Å². The standard InChI is InChI=1S/C7H5N2S/c10-9-5-6-3-1-2-4-7(6)8-9/h1-5H/q+1. The van der Waals surface area contributed by atoms with Crippen molar-refractivity contribution in [2.24, 2.45) is 5.10 Å². The van der Waals surface area contributed by atoms with Crippen molar-refractivity contribution >= 4 is 18.6 Å². The molecule has 0 bridgehead atoms. The molecule has 1 aliphatic rings. The Morgan fingerprint density at radius 3 is 2.90 bits per heavy atom. The maximum absolute atomic E-state index is 4.82. The van der Waals surface area contributed by atoms with Crippen LogP contribution in [0.15, 0.2) is 29.4 Å². The minimum Gasteiger partial charge on any atom is -0.0613 e. The first-order chi connectivity index (χ1) is 4.86. The van der Waals surface area contributed by atoms with E-state index >= 15 is 0 Å². The molecular weight excluding hydrogens is 144 g/mol. The molecule has 0 saturated carbocycles. The number of nitrogens with zero attached hydrogens (tertiary/aromatic N) is 2. The zero-order chi connectivity index (χ0) is 6.97. The molecule has 2 nitrogen and oxygen atoms in total. The molecule has 0 amide bonds. The van der Waals surface area contributed by atoms with E-state index in [0.717, 1.165) is 10.6 Å². The van der Waals surface area contributed by atoms with Crippen LogP contribution >= 0.6 is 0 Å². The van der Waals surface area contributed by atoms with Crippen molar-refractivity contribution < 1.29 is 4.05 Å². The summed E-state index contributed by atoms with van der Waals surface area (Å²) >= 11 is 4.82. The molecule has 48 valence electrons. The zero-order valence-corrected chi connectivity index (χ0v) is 6.01. The summed E-state index contributed by atoms with van der Waals surface area (Å²) < 4.78 is 1.41. The highest BCUT2D eigenvalue weighted by molar-refractivity contribution is 7.44. The van der Waals surface area contributed by atoms with E-state index in [1.54, 1.807) is 0 Å². The minimum absolute atomic E-state index is 0.956. The van der Waals surface area contributed by atoms with Crippen molar-refractivity contribution in [3.63, 3.8) is 0 Å². The van der Waals surface area contributed by atoms with Gasteiger partial charge in [0.1, 0.15) is 5.36 Å². The van der Waals surface area contributed by atoms with Crippen molar-refractivity contribution in [1.29, 1.82) is 0 Å². The summed E-state index contributed by atoms with van der Waals surface area (Å²) in [6, 6.07) is 7.85. The normalized spacial score (nSPS) is 13.8. The smallest absolute Gasteiger partial charge is 0.0613 e. The maximum Gasteiger partial charge on any atom is 0.306 e. The lowest BCUT2D eigenvalue weighted by molar-refractivity contribution is -0.393. The number of benzene rings is 1. The van der Waals surface area contributed by atoms with E-state index in [1.165, 1.54) is 4.05 Å². The minimum atomic E-state index is 0.956. The fraction of sp³-hybridized carbons (Fsp3) is 0. The molecule has 0 aromatic heterocycles. The average Bonchev–Trinajstić information content (AvgIpc) is 2.27. The molecule has 0 atom stereocenters. The van der Waals surface area contributed by atoms with Crippen LogP contribution in [0.5, 0.6) is 0 Å². The van der Waals surface area contributed by atoms with E-state index < -0.39 is 0 Å². The van der Waals surface area contributed by atoms with Crippen LogP contribution < -0.4 is 10.6 Å². The third-order valence-corrected chi connectivity index (χ3v) is 1.58. The Hall–Kier alpha value is -1.09. The molecule has 10 heavy (non-hydrogen) atoms. The molecule has 0 aliphatic carbocycles. The van der Waals surface area contributed by atoms with E-state index in [1.807, 2.05) is 30.5 Å². The van der Waals surface area contributed by atoms with Gasteiger partial charge in [-0.1, -0.05) is 12.1 Å². The molecule has 0 N–H and O–H groups in total. The van der Waals surface area contributed by atoms with Gasteiger partial charge in [0, 0.05) is 9.16 Å². The first-order valence-corrected chi connectivity index (χ1v) is 3.35. The van der Waals surface area contributed by atoms with Gasteiger partial charge in [-0.25, -0.2) is 0 Å². The van der Waals surface area contributed by atoms with E-state index in [9.17, 15) is 0 Å². The molecule has 0 fully saturated rings. The third kappa shape index (κ3) is 0.752. The first-order valence-electron chi connectivity index (χ1n) is 2.98. The molecule has 1 aromatic rings. The quantitative estimate of drug-likeness (QED) is 0.463. The fourth-order valence-corrected chi connectivity index (χ4v) is 1.14. The van der Waals surface area contributed by atoms with Crippen molar-refractivity contribution in [1.82, 2.24) is 0 Å². The Labute approximate surface area is 63.3 Å². The van der Waals surface area contributed by atoms with E-state index in [4.69, 9.17) is 12.4 Å². The van der Waals surface area contributed by atoms with Crippen LogP contribution in [0.1, 0.15) is 0 Å². The van der Waals surface area contributed by atoms with Crippen LogP contribution in [0.3, 0.4) is 0 Å². The Morgan fingerprint density at radius 1 is 1.30 bits per heavy atom. The molecule has 0 spiro atoms. The van der Waals surface area contributed by atoms with Gasteiger partial charge in [0.05, 0.1) is 5.22 Å². The predicted molar refractivity (Wildman–Crippen MR) is 39.3 cm³/mol. The highest BCUT2D eigenvalue weighted by atomic mass is 32.1. The lowest BCUT2D eigenvalue weighted by Crippen LogP contribution is -2.19. The molecule has 2 rings (SSSR count). The topological polar surface area (TPSA) is 15.4 Å². The molecule has 1 aliphatic heterocycles. The molecule has 0 radical (unpaired) electrons. The molecule has 0 saturated heterocycles. The third-order valence-electron chi connectivity index (χ3n) is 1.39. The zero-order valence-electron chi connectivity index (χ0n) is 5.19. The molecule has 0 unspecified atom stereocenters. The molecule has 1 heterocycles. The van der Waals surface area contributed by atoms with E-state index in [2.05, 4.69) is 5.10 Å². The second-order valence-electron chi connectivity index (χ2n) is 2.09. The molecule has 1 aromatic carbocycles. The van der Waals surface area contributed by atoms with Gasteiger partial charge in [0.25, 0.3) is 0 Å². The van der Waals surface area contributed by atoms with Gasteiger partial charge in [-0.2, -0.15) is 0 Å². The van der Waals surface area contributed by atoms with Crippen molar-refractivity contribution in [2.45, 2.75) is 0 Å². The highest BCUT2D eigenvalue weighted by Crippen LogP contribution is 1.81. The SMILES string of the molecule is S=[N+]1C=c2ccccc2=N1. The van der Waals surface area contributed by atoms with Crippen LogP contribution in [0.25, 0.3) is 6.20 Å². The Balaban J connectivity index is 2.96. The van der Waals surface area contributed by atoms with Gasteiger partial charge in [0.15, 0.2) is 0 Å². The second-order valence-corrected chi connectivity index (χ2v) is 2.46. The first kappa shape index (κ1) is 5.68. The monoisotopic (exact) mass is 149 g/mol. The van der Waals surface area contributed by atoms with Gasteiger partial charge >= 0.3 is 12.4 Å². The van der Waals surface area contributed by atoms with Crippen LogP contribution in [-0.2, 0) is 12.4 Å². The summed E-state index contributed by atoms with van der Waals surface area (Å²) in [5.74, 6) is 0. The van der Waals surface area contributed by atoms with E-state index in [0.29, 0.717) is 0 Å². The Bertz CT molecular complexity index is 357. The van der Waals surface area contributed by atoms with Gasteiger partial charge < -0.3 is 0 Å². The van der Waals surface area contributed by atoms with E-state index in [-0.39, 0.29) is 0 Å². The molecular formula is C7H5N2S+. The van der Waals surface area contributed by atoms with Crippen molar-refractivity contribution in [3.8, 4) is 0 Å². The number of hydrogen-bond donors (Lipinski definition) is 0. The second kappa shape index (κ2) is 1.95. The lowest BCUT2D eigenvalue weighted by Gasteiger charge is -1.72. The predicted octanol–water partition coefficient (Wildman–Crippen LogP) is -0.284. The fourth-order valence-electron chi connectivity index (χ4n) is 0.942. The van der Waals surface area contributed by atoms with Crippen molar-refractivity contribution in [3.05, 3.63) is 34.8 Å². The Morgan fingerprint density at radius 2 is 2.10 bits per heavy atom. The van der Waals surface area contributed by atoms with Gasteiger partial charge in [0.2, 0.25) is 6.20 Å². The van der Waals surface area contributed by atoms with Crippen LogP contribution in [0, 0.1) is 0 Å². The molecule has 3 heteroatoms. The largest absolute Gasteiger partial charge is 0.306 e. The van der Waals surface area contributed by atoms with Gasteiger partial charge in [-0.05, 0) is 12.1 Å². The summed E-state index contributed by atoms with van der Waals surface area (Å²) in [4.78, 5) is 0. The Kier molecular flexibility index (Phi) is 1.11. The summed E-state index contributed by atoms with van der Waals surface area (Å²) in [5.41, 5.74) is 0. The van der Waals surface area contributed by atoms with Crippen LogP contribution in [-0.4, -0.2) is 4.05 Å². The van der Waals surface area contributed by atoms with Crippen LogP contribution in [0.2, 0.25) is 0 Å². The number of fused-ring (bicyclic) bond motifs is 1.